The van der Waals surface area contributed by atoms with Crippen molar-refractivity contribution in [2.24, 2.45) is 5.92 Å². The number of ether oxygens (including phenoxy) is 1. The summed E-state index contributed by atoms with van der Waals surface area (Å²) < 4.78 is 5.23. The lowest BCUT2D eigenvalue weighted by Crippen LogP contribution is -2.39. The van der Waals surface area contributed by atoms with Gasteiger partial charge in [0.1, 0.15) is 6.10 Å². The Kier molecular flexibility index (Phi) is 2.39. The van der Waals surface area contributed by atoms with Crippen LogP contribution in [0.1, 0.15) is 18.6 Å². The third-order valence-electron chi connectivity index (χ3n) is 2.45. The second kappa shape index (κ2) is 3.70. The number of hydrogen-bond acceptors (Lipinski definition) is 2. The molecule has 1 saturated heterocycles. The molecule has 2 atom stereocenters. The van der Waals surface area contributed by atoms with E-state index in [1.807, 2.05) is 30.3 Å². The molecule has 3 nitrogen and oxygen atoms in total. The third kappa shape index (κ3) is 1.71. The van der Waals surface area contributed by atoms with Crippen LogP contribution >= 0.6 is 0 Å². The van der Waals surface area contributed by atoms with Crippen molar-refractivity contribution in [1.82, 2.24) is 5.32 Å². The summed E-state index contributed by atoms with van der Waals surface area (Å²) in [5.41, 5.74) is 1.06. The van der Waals surface area contributed by atoms with E-state index in [9.17, 15) is 4.79 Å². The second-order valence-corrected chi connectivity index (χ2v) is 3.59. The van der Waals surface area contributed by atoms with Crippen LogP contribution in [-0.4, -0.2) is 12.6 Å². The van der Waals surface area contributed by atoms with Gasteiger partial charge in [-0.15, -0.1) is 0 Å². The first-order chi connectivity index (χ1) is 6.77. The molecule has 0 aromatic heterocycles. The van der Waals surface area contributed by atoms with Gasteiger partial charge in [-0.3, -0.25) is 0 Å². The van der Waals surface area contributed by atoms with E-state index in [1.165, 1.54) is 0 Å². The molecule has 0 aliphatic carbocycles. The minimum Gasteiger partial charge on any atom is -0.441 e. The minimum absolute atomic E-state index is 0.107. The molecule has 0 saturated carbocycles. The molecular formula is C11H13NO2. The minimum atomic E-state index is -0.322. The number of hydrogen-bond donors (Lipinski definition) is 1. The lowest BCUT2D eigenvalue weighted by Gasteiger charge is -2.29. The van der Waals surface area contributed by atoms with Gasteiger partial charge in [0.25, 0.3) is 0 Å². The van der Waals surface area contributed by atoms with Crippen molar-refractivity contribution in [3.8, 4) is 0 Å². The van der Waals surface area contributed by atoms with E-state index in [4.69, 9.17) is 4.74 Å². The van der Waals surface area contributed by atoms with Crippen LogP contribution in [0.5, 0.6) is 0 Å². The summed E-state index contributed by atoms with van der Waals surface area (Å²) in [6.45, 7) is 2.75. The maximum absolute atomic E-state index is 11.1. The van der Waals surface area contributed by atoms with Gasteiger partial charge in [0, 0.05) is 12.5 Å². The normalized spacial score (nSPS) is 26.5. The smallest absolute Gasteiger partial charge is 0.407 e. The Labute approximate surface area is 83.1 Å². The molecule has 74 valence electrons. The Morgan fingerprint density at radius 3 is 2.79 bits per heavy atom. The maximum atomic E-state index is 11.1. The lowest BCUT2D eigenvalue weighted by atomic mass is 9.96. The van der Waals surface area contributed by atoms with Crippen LogP contribution in [0.3, 0.4) is 0 Å². The number of carbonyl (C=O) groups is 1. The molecule has 0 radical (unpaired) electrons. The largest absolute Gasteiger partial charge is 0.441 e. The quantitative estimate of drug-likeness (QED) is 0.738. The summed E-state index contributed by atoms with van der Waals surface area (Å²) >= 11 is 0. The first kappa shape index (κ1) is 9.06. The van der Waals surface area contributed by atoms with Gasteiger partial charge in [-0.05, 0) is 5.56 Å². The van der Waals surface area contributed by atoms with Crippen LogP contribution in [0.25, 0.3) is 0 Å². The molecule has 1 aliphatic heterocycles. The average Bonchev–Trinajstić information content (AvgIpc) is 2.23. The summed E-state index contributed by atoms with van der Waals surface area (Å²) in [5, 5.41) is 2.67. The predicted octanol–water partition coefficient (Wildman–Crippen LogP) is 2.10. The summed E-state index contributed by atoms with van der Waals surface area (Å²) in [7, 11) is 0. The van der Waals surface area contributed by atoms with Crippen molar-refractivity contribution in [1.29, 1.82) is 0 Å². The number of carbonyl (C=O) groups excluding carboxylic acids is 1. The van der Waals surface area contributed by atoms with Crippen molar-refractivity contribution < 1.29 is 9.53 Å². The average molecular weight is 191 g/mol. The molecule has 1 N–H and O–H groups in total. The topological polar surface area (TPSA) is 38.3 Å². The molecule has 14 heavy (non-hydrogen) atoms. The number of amides is 1. The number of rotatable bonds is 1. The van der Waals surface area contributed by atoms with Crippen LogP contribution in [0, 0.1) is 5.92 Å². The van der Waals surface area contributed by atoms with E-state index >= 15 is 0 Å². The predicted molar refractivity (Wildman–Crippen MR) is 52.8 cm³/mol. The highest BCUT2D eigenvalue weighted by Crippen LogP contribution is 2.27. The van der Waals surface area contributed by atoms with E-state index in [0.717, 1.165) is 5.56 Å². The highest BCUT2D eigenvalue weighted by molar-refractivity contribution is 5.68. The summed E-state index contributed by atoms with van der Waals surface area (Å²) in [5.74, 6) is 0.315. The van der Waals surface area contributed by atoms with Crippen LogP contribution in [0.15, 0.2) is 30.3 Å². The monoisotopic (exact) mass is 191 g/mol. The molecule has 0 unspecified atom stereocenters. The van der Waals surface area contributed by atoms with Gasteiger partial charge in [-0.1, -0.05) is 37.3 Å². The molecule has 1 aliphatic rings. The molecule has 1 amide bonds. The molecule has 1 aromatic rings. The Bertz CT molecular complexity index is 323. The van der Waals surface area contributed by atoms with Crippen molar-refractivity contribution in [3.63, 3.8) is 0 Å². The molecule has 0 spiro atoms. The molecule has 1 fully saturated rings. The van der Waals surface area contributed by atoms with E-state index in [1.54, 1.807) is 0 Å². The highest BCUT2D eigenvalue weighted by Gasteiger charge is 2.27. The van der Waals surface area contributed by atoms with Gasteiger partial charge in [-0.25, -0.2) is 4.79 Å². The Balaban J connectivity index is 2.20. The van der Waals surface area contributed by atoms with E-state index in [-0.39, 0.29) is 12.2 Å². The standard InChI is InChI=1S/C11H13NO2/c1-8-7-12-11(13)14-10(8)9-5-3-2-4-6-9/h2-6,8,10H,7H2,1H3,(H,12,13)/t8-,10-/m1/s1. The zero-order valence-electron chi connectivity index (χ0n) is 8.07. The molecular weight excluding hydrogens is 178 g/mol. The zero-order valence-corrected chi connectivity index (χ0v) is 8.07. The van der Waals surface area contributed by atoms with E-state index in [0.29, 0.717) is 12.5 Å². The van der Waals surface area contributed by atoms with Gasteiger partial charge in [-0.2, -0.15) is 0 Å². The van der Waals surface area contributed by atoms with Gasteiger partial charge in [0.15, 0.2) is 0 Å². The van der Waals surface area contributed by atoms with Crippen LogP contribution in [0.2, 0.25) is 0 Å². The molecule has 1 aromatic carbocycles. The fraction of sp³-hybridized carbons (Fsp3) is 0.364. The molecule has 0 bridgehead atoms. The Morgan fingerprint density at radius 1 is 1.36 bits per heavy atom. The summed E-state index contributed by atoms with van der Waals surface area (Å²) in [6, 6.07) is 9.84. The summed E-state index contributed by atoms with van der Waals surface area (Å²) in [4.78, 5) is 11.1. The van der Waals surface area contributed by atoms with Gasteiger partial charge < -0.3 is 10.1 Å². The number of cyclic esters (lactones) is 1. The van der Waals surface area contributed by atoms with Gasteiger partial charge in [0.05, 0.1) is 0 Å². The Hall–Kier alpha value is -1.51. The number of benzene rings is 1. The maximum Gasteiger partial charge on any atom is 0.407 e. The zero-order chi connectivity index (χ0) is 9.97. The number of alkyl carbamates (subject to hydrolysis) is 1. The van der Waals surface area contributed by atoms with Crippen molar-refractivity contribution in [2.75, 3.05) is 6.54 Å². The van der Waals surface area contributed by atoms with Crippen LogP contribution in [-0.2, 0) is 4.74 Å². The molecule has 1 heterocycles. The number of nitrogens with one attached hydrogen (secondary N) is 1. The molecule has 2 rings (SSSR count). The van der Waals surface area contributed by atoms with Gasteiger partial charge >= 0.3 is 6.09 Å². The lowest BCUT2D eigenvalue weighted by molar-refractivity contribution is 0.0420. The fourth-order valence-corrected chi connectivity index (χ4v) is 1.66. The molecule has 3 heteroatoms. The van der Waals surface area contributed by atoms with Crippen LogP contribution < -0.4 is 5.32 Å². The fourth-order valence-electron chi connectivity index (χ4n) is 1.66. The Morgan fingerprint density at radius 2 is 2.07 bits per heavy atom. The van der Waals surface area contributed by atoms with Crippen molar-refractivity contribution >= 4 is 6.09 Å². The second-order valence-electron chi connectivity index (χ2n) is 3.59. The first-order valence-corrected chi connectivity index (χ1v) is 4.77. The van der Waals surface area contributed by atoms with E-state index in [2.05, 4.69) is 12.2 Å². The highest BCUT2D eigenvalue weighted by atomic mass is 16.6. The SMILES string of the molecule is C[C@@H]1CNC(=O)O[C@H]1c1ccccc1. The van der Waals surface area contributed by atoms with E-state index < -0.39 is 0 Å². The van der Waals surface area contributed by atoms with Crippen molar-refractivity contribution in [2.45, 2.75) is 13.0 Å². The van der Waals surface area contributed by atoms with Crippen molar-refractivity contribution in [3.05, 3.63) is 35.9 Å². The first-order valence-electron chi connectivity index (χ1n) is 4.77. The third-order valence-corrected chi connectivity index (χ3v) is 2.45. The summed E-state index contributed by atoms with van der Waals surface area (Å²) in [6.07, 6.45) is -0.429. The van der Waals surface area contributed by atoms with Crippen LogP contribution in [0.4, 0.5) is 4.79 Å². The van der Waals surface area contributed by atoms with Gasteiger partial charge in [0.2, 0.25) is 0 Å².